The topological polar surface area (TPSA) is 18.5 Å². The first-order chi connectivity index (χ1) is 17.0. The third-order valence-electron chi connectivity index (χ3n) is 6.66. The average molecular weight is 481 g/mol. The van der Waals surface area contributed by atoms with E-state index in [1.54, 1.807) is 55.5 Å². The molecule has 0 aromatic heterocycles. The van der Waals surface area contributed by atoms with Crippen molar-refractivity contribution in [1.29, 1.82) is 0 Å². The molecule has 184 valence electrons. The van der Waals surface area contributed by atoms with Gasteiger partial charge in [-0.15, -0.1) is 0 Å². The largest absolute Gasteiger partial charge is 0.491 e. The van der Waals surface area contributed by atoms with E-state index in [9.17, 15) is 4.39 Å². The molecule has 1 aliphatic carbocycles. The molecule has 0 amide bonds. The molecule has 3 aromatic carbocycles. The smallest absolute Gasteiger partial charge is 0.166 e. The highest BCUT2D eigenvalue weighted by Gasteiger charge is 2.25. The fourth-order valence-corrected chi connectivity index (χ4v) is 4.80. The average Bonchev–Trinajstić information content (AvgIpc) is 2.87. The summed E-state index contributed by atoms with van der Waals surface area (Å²) in [6, 6.07) is 14.9. The van der Waals surface area contributed by atoms with Crippen LogP contribution in [0.15, 0.2) is 66.7 Å². The summed E-state index contributed by atoms with van der Waals surface area (Å²) in [6.07, 6.45) is 8.02. The number of halogens is 3. The predicted molar refractivity (Wildman–Crippen MR) is 133 cm³/mol. The van der Waals surface area contributed by atoms with Gasteiger partial charge in [0.05, 0.1) is 6.61 Å². The van der Waals surface area contributed by atoms with Crippen molar-refractivity contribution in [2.75, 3.05) is 6.61 Å². The molecular formula is C30H31F3O2. The molecule has 1 fully saturated rings. The number of hydrogen-bond acceptors (Lipinski definition) is 2. The third-order valence-corrected chi connectivity index (χ3v) is 6.66. The van der Waals surface area contributed by atoms with E-state index in [1.807, 2.05) is 6.92 Å². The molecule has 0 radical (unpaired) electrons. The van der Waals surface area contributed by atoms with Gasteiger partial charge in [-0.05, 0) is 92.3 Å². The van der Waals surface area contributed by atoms with Gasteiger partial charge >= 0.3 is 0 Å². The normalized spacial score (nSPS) is 18.1. The van der Waals surface area contributed by atoms with E-state index < -0.39 is 17.5 Å². The van der Waals surface area contributed by atoms with Crippen LogP contribution >= 0.6 is 0 Å². The van der Waals surface area contributed by atoms with E-state index in [0.29, 0.717) is 35.0 Å². The maximum absolute atomic E-state index is 15.0. The van der Waals surface area contributed by atoms with Crippen LogP contribution in [0.2, 0.25) is 0 Å². The maximum atomic E-state index is 15.0. The Morgan fingerprint density at radius 1 is 0.857 bits per heavy atom. The zero-order valence-electron chi connectivity index (χ0n) is 20.2. The van der Waals surface area contributed by atoms with Gasteiger partial charge in [-0.25, -0.2) is 13.2 Å². The minimum atomic E-state index is -0.809. The van der Waals surface area contributed by atoms with Crippen molar-refractivity contribution < 1.29 is 22.6 Å². The van der Waals surface area contributed by atoms with Gasteiger partial charge < -0.3 is 9.47 Å². The van der Waals surface area contributed by atoms with Crippen LogP contribution < -0.4 is 9.47 Å². The van der Waals surface area contributed by atoms with Crippen molar-refractivity contribution in [3.05, 3.63) is 95.3 Å². The molecule has 2 nitrogen and oxygen atoms in total. The highest BCUT2D eigenvalue weighted by atomic mass is 19.2. The lowest BCUT2D eigenvalue weighted by Crippen LogP contribution is -2.13. The molecular weight excluding hydrogens is 449 g/mol. The van der Waals surface area contributed by atoms with Crippen molar-refractivity contribution in [1.82, 2.24) is 0 Å². The van der Waals surface area contributed by atoms with Gasteiger partial charge in [0.15, 0.2) is 23.2 Å². The monoisotopic (exact) mass is 480 g/mol. The number of ether oxygens (including phenoxy) is 2. The zero-order chi connectivity index (χ0) is 24.8. The number of allylic oxidation sites excluding steroid dienone is 2. The number of rotatable bonds is 8. The Balaban J connectivity index is 1.42. The number of benzene rings is 3. The quantitative estimate of drug-likeness (QED) is 0.301. The Hall–Kier alpha value is -3.21. The first-order valence-corrected chi connectivity index (χ1v) is 12.2. The molecule has 0 bridgehead atoms. The summed E-state index contributed by atoms with van der Waals surface area (Å²) in [6.45, 7) is 4.38. The Labute approximate surface area is 205 Å². The SMILES string of the molecule is CC=CC1CCC(c2ccc(-c3ccc(OCc4ccc(OCC)c(F)c4)cc3)c(F)c2F)CC1. The van der Waals surface area contributed by atoms with E-state index in [-0.39, 0.29) is 23.8 Å². The molecule has 0 unspecified atom stereocenters. The second kappa shape index (κ2) is 11.5. The van der Waals surface area contributed by atoms with E-state index in [0.717, 1.165) is 25.7 Å². The third kappa shape index (κ3) is 5.90. The molecule has 0 aliphatic heterocycles. The fourth-order valence-electron chi connectivity index (χ4n) is 4.80. The minimum Gasteiger partial charge on any atom is -0.491 e. The van der Waals surface area contributed by atoms with E-state index in [2.05, 4.69) is 12.2 Å². The Morgan fingerprint density at radius 3 is 2.26 bits per heavy atom. The summed E-state index contributed by atoms with van der Waals surface area (Å²) in [7, 11) is 0. The molecule has 5 heteroatoms. The van der Waals surface area contributed by atoms with Gasteiger partial charge in [-0.3, -0.25) is 0 Å². The Kier molecular flexibility index (Phi) is 8.17. The van der Waals surface area contributed by atoms with Gasteiger partial charge in [0.2, 0.25) is 0 Å². The molecule has 0 N–H and O–H groups in total. The predicted octanol–water partition coefficient (Wildman–Crippen LogP) is 8.60. The van der Waals surface area contributed by atoms with Crippen LogP contribution in [-0.2, 0) is 6.61 Å². The van der Waals surface area contributed by atoms with Crippen LogP contribution in [-0.4, -0.2) is 6.61 Å². The highest BCUT2D eigenvalue weighted by Crippen LogP contribution is 2.39. The van der Waals surface area contributed by atoms with Crippen molar-refractivity contribution in [3.63, 3.8) is 0 Å². The van der Waals surface area contributed by atoms with Crippen LogP contribution in [0.4, 0.5) is 13.2 Å². The van der Waals surface area contributed by atoms with Gasteiger partial charge in [-0.1, -0.05) is 42.5 Å². The van der Waals surface area contributed by atoms with Crippen molar-refractivity contribution in [3.8, 4) is 22.6 Å². The van der Waals surface area contributed by atoms with Gasteiger partial charge in [-0.2, -0.15) is 0 Å². The molecule has 1 aliphatic rings. The van der Waals surface area contributed by atoms with E-state index in [1.165, 1.54) is 6.07 Å². The second-order valence-electron chi connectivity index (χ2n) is 8.98. The summed E-state index contributed by atoms with van der Waals surface area (Å²) < 4.78 is 55.0. The minimum absolute atomic E-state index is 0.0586. The van der Waals surface area contributed by atoms with Gasteiger partial charge in [0, 0.05) is 5.56 Å². The first kappa shape index (κ1) is 24.9. The maximum Gasteiger partial charge on any atom is 0.166 e. The highest BCUT2D eigenvalue weighted by molar-refractivity contribution is 5.65. The lowest BCUT2D eigenvalue weighted by atomic mass is 9.78. The summed E-state index contributed by atoms with van der Waals surface area (Å²) in [4.78, 5) is 0. The molecule has 0 heterocycles. The Bertz CT molecular complexity index is 1160. The molecule has 1 saturated carbocycles. The van der Waals surface area contributed by atoms with Crippen molar-refractivity contribution >= 4 is 0 Å². The molecule has 0 saturated heterocycles. The van der Waals surface area contributed by atoms with E-state index >= 15 is 8.78 Å². The molecule has 35 heavy (non-hydrogen) atoms. The Morgan fingerprint density at radius 2 is 1.60 bits per heavy atom. The number of hydrogen-bond donors (Lipinski definition) is 0. The van der Waals surface area contributed by atoms with Gasteiger partial charge in [0.1, 0.15) is 12.4 Å². The zero-order valence-corrected chi connectivity index (χ0v) is 20.2. The van der Waals surface area contributed by atoms with Crippen LogP contribution in [0.25, 0.3) is 11.1 Å². The van der Waals surface area contributed by atoms with Crippen LogP contribution in [0.3, 0.4) is 0 Å². The summed E-state index contributed by atoms with van der Waals surface area (Å²) in [5, 5.41) is 0. The van der Waals surface area contributed by atoms with Crippen molar-refractivity contribution in [2.24, 2.45) is 5.92 Å². The van der Waals surface area contributed by atoms with Crippen LogP contribution in [0.1, 0.15) is 56.6 Å². The van der Waals surface area contributed by atoms with Crippen LogP contribution in [0.5, 0.6) is 11.5 Å². The van der Waals surface area contributed by atoms with Crippen molar-refractivity contribution in [2.45, 2.75) is 52.1 Å². The molecule has 0 spiro atoms. The van der Waals surface area contributed by atoms with Crippen LogP contribution in [0, 0.1) is 23.4 Å². The molecule has 3 aromatic rings. The second-order valence-corrected chi connectivity index (χ2v) is 8.98. The first-order valence-electron chi connectivity index (χ1n) is 12.2. The lowest BCUT2D eigenvalue weighted by molar-refractivity contribution is 0.302. The van der Waals surface area contributed by atoms with E-state index in [4.69, 9.17) is 9.47 Å². The summed E-state index contributed by atoms with van der Waals surface area (Å²) in [5.74, 6) is -0.622. The molecule has 0 atom stereocenters. The fraction of sp³-hybridized carbons (Fsp3) is 0.333. The summed E-state index contributed by atoms with van der Waals surface area (Å²) in [5.41, 5.74) is 1.95. The lowest BCUT2D eigenvalue weighted by Gasteiger charge is -2.27. The summed E-state index contributed by atoms with van der Waals surface area (Å²) >= 11 is 0. The molecule has 4 rings (SSSR count). The van der Waals surface area contributed by atoms with Gasteiger partial charge in [0.25, 0.3) is 0 Å². The standard InChI is InChI=1S/C30H31F3O2/c1-3-5-20-6-9-22(10-7-20)25-15-16-26(30(33)29(25)32)23-11-13-24(14-12-23)35-19-21-8-17-28(34-4-2)27(31)18-21/h3,5,8,11-18,20,22H,4,6-7,9-10,19H2,1-2H3.